The average Bonchev–Trinajstić information content (AvgIpc) is 3.15. The van der Waals surface area contributed by atoms with Gasteiger partial charge in [0.25, 0.3) is 0 Å². The van der Waals surface area contributed by atoms with Gasteiger partial charge in [0, 0.05) is 12.5 Å². The smallest absolute Gasteiger partial charge is 0.179 e. The molecular formula is C14H18ClNO2. The van der Waals surface area contributed by atoms with Crippen LogP contribution in [0.4, 0.5) is 0 Å². The van der Waals surface area contributed by atoms with Crippen molar-refractivity contribution < 1.29 is 9.47 Å². The molecule has 18 heavy (non-hydrogen) atoms. The number of fused-ring (bicyclic) bond motifs is 1. The fourth-order valence-electron chi connectivity index (χ4n) is 2.14. The summed E-state index contributed by atoms with van der Waals surface area (Å²) in [7, 11) is 0. The third-order valence-corrected chi connectivity index (χ3v) is 3.57. The maximum atomic E-state index is 6.25. The van der Waals surface area contributed by atoms with Crippen molar-refractivity contribution in [2.75, 3.05) is 19.8 Å². The first kappa shape index (κ1) is 12.1. The zero-order chi connectivity index (χ0) is 12.4. The number of nitrogens with one attached hydrogen (secondary N) is 1. The molecule has 4 heteroatoms. The number of benzene rings is 1. The third-order valence-electron chi connectivity index (χ3n) is 3.29. The van der Waals surface area contributed by atoms with E-state index in [1.54, 1.807) is 0 Å². The first-order valence-corrected chi connectivity index (χ1v) is 7.02. The molecule has 2 aliphatic rings. The van der Waals surface area contributed by atoms with Gasteiger partial charge in [0.15, 0.2) is 11.5 Å². The lowest BCUT2D eigenvalue weighted by molar-refractivity contribution is 0.297. The average molecular weight is 268 g/mol. The minimum absolute atomic E-state index is 0.663. The number of ether oxygens (including phenoxy) is 2. The number of hydrogen-bond acceptors (Lipinski definition) is 3. The van der Waals surface area contributed by atoms with Crippen LogP contribution in [0.15, 0.2) is 12.1 Å². The Hall–Kier alpha value is -0.930. The highest BCUT2D eigenvalue weighted by atomic mass is 35.5. The molecule has 0 spiro atoms. The second-order valence-corrected chi connectivity index (χ2v) is 5.34. The van der Waals surface area contributed by atoms with Crippen molar-refractivity contribution in [1.29, 1.82) is 0 Å². The summed E-state index contributed by atoms with van der Waals surface area (Å²) in [6.07, 6.45) is 4.53. The van der Waals surface area contributed by atoms with Crippen molar-refractivity contribution in [2.24, 2.45) is 0 Å². The van der Waals surface area contributed by atoms with E-state index in [-0.39, 0.29) is 0 Å². The summed E-state index contributed by atoms with van der Waals surface area (Å²) in [6.45, 7) is 2.38. The molecular weight excluding hydrogens is 250 g/mol. The van der Waals surface area contributed by atoms with E-state index in [0.29, 0.717) is 24.0 Å². The highest BCUT2D eigenvalue weighted by Crippen LogP contribution is 2.38. The Bertz CT molecular complexity index is 432. The van der Waals surface area contributed by atoms with Gasteiger partial charge < -0.3 is 14.8 Å². The molecule has 0 unspecified atom stereocenters. The molecule has 3 rings (SSSR count). The van der Waals surface area contributed by atoms with Crippen molar-refractivity contribution >= 4 is 11.6 Å². The minimum atomic E-state index is 0.663. The Morgan fingerprint density at radius 1 is 1.22 bits per heavy atom. The first-order chi connectivity index (χ1) is 8.83. The zero-order valence-electron chi connectivity index (χ0n) is 10.4. The lowest BCUT2D eigenvalue weighted by Crippen LogP contribution is -2.19. The molecule has 0 saturated heterocycles. The third kappa shape index (κ3) is 2.90. The van der Waals surface area contributed by atoms with E-state index in [0.717, 1.165) is 31.2 Å². The molecule has 1 saturated carbocycles. The summed E-state index contributed by atoms with van der Waals surface area (Å²) in [5, 5.41) is 4.16. The maximum Gasteiger partial charge on any atom is 0.179 e. The molecule has 0 aromatic heterocycles. The summed E-state index contributed by atoms with van der Waals surface area (Å²) >= 11 is 6.25. The molecule has 1 heterocycles. The van der Waals surface area contributed by atoms with Gasteiger partial charge in [-0.15, -0.1) is 0 Å². The van der Waals surface area contributed by atoms with Crippen LogP contribution in [0.5, 0.6) is 11.5 Å². The predicted molar refractivity (Wildman–Crippen MR) is 71.8 cm³/mol. The van der Waals surface area contributed by atoms with Crippen molar-refractivity contribution in [1.82, 2.24) is 5.32 Å². The van der Waals surface area contributed by atoms with Gasteiger partial charge in [0.2, 0.25) is 0 Å². The molecule has 1 fully saturated rings. The molecule has 1 aliphatic heterocycles. The van der Waals surface area contributed by atoms with Gasteiger partial charge in [-0.2, -0.15) is 0 Å². The number of hydrogen-bond donors (Lipinski definition) is 1. The van der Waals surface area contributed by atoms with Crippen LogP contribution in [0.25, 0.3) is 0 Å². The van der Waals surface area contributed by atoms with Crippen LogP contribution in [0.2, 0.25) is 5.02 Å². The van der Waals surface area contributed by atoms with Gasteiger partial charge in [0.05, 0.1) is 18.2 Å². The normalized spacial score (nSPS) is 18.5. The van der Waals surface area contributed by atoms with Crippen molar-refractivity contribution in [2.45, 2.75) is 31.7 Å². The van der Waals surface area contributed by atoms with Crippen molar-refractivity contribution in [3.63, 3.8) is 0 Å². The number of halogens is 1. The molecule has 0 atom stereocenters. The van der Waals surface area contributed by atoms with Crippen LogP contribution in [-0.4, -0.2) is 25.8 Å². The topological polar surface area (TPSA) is 30.5 Å². The van der Waals surface area contributed by atoms with Crippen molar-refractivity contribution in [3.05, 3.63) is 22.7 Å². The Morgan fingerprint density at radius 3 is 2.89 bits per heavy atom. The lowest BCUT2D eigenvalue weighted by atomic mass is 10.1. The molecule has 1 aromatic carbocycles. The molecule has 98 valence electrons. The van der Waals surface area contributed by atoms with Crippen LogP contribution in [0.1, 0.15) is 24.8 Å². The highest BCUT2D eigenvalue weighted by Gasteiger charge is 2.20. The van der Waals surface area contributed by atoms with Gasteiger partial charge in [-0.05, 0) is 43.5 Å². The second kappa shape index (κ2) is 5.37. The van der Waals surface area contributed by atoms with Crippen LogP contribution in [0.3, 0.4) is 0 Å². The fourth-order valence-corrected chi connectivity index (χ4v) is 2.42. The van der Waals surface area contributed by atoms with Crippen LogP contribution in [0, 0.1) is 0 Å². The maximum absolute atomic E-state index is 6.25. The van der Waals surface area contributed by atoms with Gasteiger partial charge in [-0.25, -0.2) is 0 Å². The molecule has 1 N–H and O–H groups in total. The summed E-state index contributed by atoms with van der Waals surface area (Å²) < 4.78 is 11.3. The van der Waals surface area contributed by atoms with E-state index >= 15 is 0 Å². The molecule has 0 amide bonds. The van der Waals surface area contributed by atoms with E-state index in [2.05, 4.69) is 11.4 Å². The zero-order valence-corrected chi connectivity index (χ0v) is 11.1. The summed E-state index contributed by atoms with van der Waals surface area (Å²) in [4.78, 5) is 0. The van der Waals surface area contributed by atoms with Gasteiger partial charge in [0.1, 0.15) is 0 Å². The SMILES string of the molecule is Clc1cc(CCNC2CC2)cc2c1OCCCO2. The predicted octanol–water partition coefficient (Wildman–Crippen LogP) is 2.80. The van der Waals surface area contributed by atoms with Crippen LogP contribution in [-0.2, 0) is 6.42 Å². The second-order valence-electron chi connectivity index (χ2n) is 4.93. The van der Waals surface area contributed by atoms with E-state index in [1.807, 2.05) is 6.07 Å². The number of rotatable bonds is 4. The lowest BCUT2D eigenvalue weighted by Gasteiger charge is -2.11. The standard InChI is InChI=1S/C14H18ClNO2/c15-12-8-10(4-5-16-11-2-3-11)9-13-14(12)18-7-1-6-17-13/h8-9,11,16H,1-7H2. The largest absolute Gasteiger partial charge is 0.489 e. The van der Waals surface area contributed by atoms with Crippen LogP contribution < -0.4 is 14.8 Å². The minimum Gasteiger partial charge on any atom is -0.489 e. The Morgan fingerprint density at radius 2 is 2.06 bits per heavy atom. The van der Waals surface area contributed by atoms with E-state index in [1.165, 1.54) is 18.4 Å². The summed E-state index contributed by atoms with van der Waals surface area (Å²) in [5.41, 5.74) is 1.21. The highest BCUT2D eigenvalue weighted by molar-refractivity contribution is 6.32. The van der Waals surface area contributed by atoms with E-state index < -0.39 is 0 Å². The monoisotopic (exact) mass is 267 g/mol. The summed E-state index contributed by atoms with van der Waals surface area (Å²) in [5.74, 6) is 1.49. The van der Waals surface area contributed by atoms with Crippen LogP contribution >= 0.6 is 11.6 Å². The Balaban J connectivity index is 1.70. The fraction of sp³-hybridized carbons (Fsp3) is 0.571. The molecule has 1 aliphatic carbocycles. The first-order valence-electron chi connectivity index (χ1n) is 6.64. The van der Waals surface area contributed by atoms with Crippen molar-refractivity contribution in [3.8, 4) is 11.5 Å². The molecule has 0 bridgehead atoms. The molecule has 0 radical (unpaired) electrons. The summed E-state index contributed by atoms with van der Waals surface area (Å²) in [6, 6.07) is 4.80. The Kier molecular flexibility index (Phi) is 3.62. The molecule has 3 nitrogen and oxygen atoms in total. The van der Waals surface area contributed by atoms with Gasteiger partial charge in [-0.3, -0.25) is 0 Å². The quantitative estimate of drug-likeness (QED) is 0.910. The molecule has 1 aromatic rings. The van der Waals surface area contributed by atoms with E-state index in [4.69, 9.17) is 21.1 Å². The Labute approximate surface area is 112 Å². The van der Waals surface area contributed by atoms with Gasteiger partial charge in [-0.1, -0.05) is 11.6 Å². The van der Waals surface area contributed by atoms with E-state index in [9.17, 15) is 0 Å². The van der Waals surface area contributed by atoms with Gasteiger partial charge >= 0.3 is 0 Å².